The van der Waals surface area contributed by atoms with Crippen LogP contribution in [0.2, 0.25) is 0 Å². The minimum absolute atomic E-state index is 0.0909. The smallest absolute Gasteiger partial charge is 0.254 e. The zero-order valence-corrected chi connectivity index (χ0v) is 12.9. The van der Waals surface area contributed by atoms with Crippen LogP contribution in [0.1, 0.15) is 16.4 Å². The fourth-order valence-corrected chi connectivity index (χ4v) is 3.74. The molecule has 3 rings (SSSR count). The van der Waals surface area contributed by atoms with Crippen LogP contribution in [0.4, 0.5) is 15.9 Å². The number of carbonyl (C=O) groups is 1. The molecule has 1 amide bonds. The van der Waals surface area contributed by atoms with Gasteiger partial charge in [-0.25, -0.2) is 4.39 Å². The summed E-state index contributed by atoms with van der Waals surface area (Å²) in [6, 6.07) is 7.88. The Labute approximate surface area is 136 Å². The molecular formula is C15H14FN5OS. The number of hydrogen-bond donors (Lipinski definition) is 2. The first kappa shape index (κ1) is 15.4. The number of benzene rings is 1. The third kappa shape index (κ3) is 3.14. The van der Waals surface area contributed by atoms with Crippen LogP contribution in [0.5, 0.6) is 0 Å². The molecule has 118 valence electrons. The van der Waals surface area contributed by atoms with Gasteiger partial charge in [-0.3, -0.25) is 9.48 Å². The number of thioether (sulfide) groups is 1. The summed E-state index contributed by atoms with van der Waals surface area (Å²) in [6.45, 7) is 0. The first-order chi connectivity index (χ1) is 11.1. The molecule has 1 aromatic heterocycles. The van der Waals surface area contributed by atoms with Gasteiger partial charge in [-0.05, 0) is 24.3 Å². The summed E-state index contributed by atoms with van der Waals surface area (Å²) >= 11 is 1.68. The van der Waals surface area contributed by atoms with E-state index in [4.69, 9.17) is 5.73 Å². The molecule has 2 aromatic rings. The van der Waals surface area contributed by atoms with Crippen LogP contribution in [0, 0.1) is 23.1 Å². The molecule has 0 aliphatic carbocycles. The molecular weight excluding hydrogens is 317 g/mol. The topological polar surface area (TPSA) is 96.7 Å². The predicted octanol–water partition coefficient (Wildman–Crippen LogP) is 2.29. The molecule has 1 aromatic carbocycles. The summed E-state index contributed by atoms with van der Waals surface area (Å²) < 4.78 is 14.6. The van der Waals surface area contributed by atoms with Gasteiger partial charge in [0.2, 0.25) is 0 Å². The van der Waals surface area contributed by atoms with Crippen molar-refractivity contribution >= 4 is 29.2 Å². The van der Waals surface area contributed by atoms with E-state index in [1.165, 1.54) is 12.1 Å². The highest BCUT2D eigenvalue weighted by atomic mass is 32.2. The summed E-state index contributed by atoms with van der Waals surface area (Å²) in [5, 5.41) is 16.5. The number of primary amides is 1. The molecule has 1 fully saturated rings. The predicted molar refractivity (Wildman–Crippen MR) is 85.9 cm³/mol. The van der Waals surface area contributed by atoms with E-state index in [2.05, 4.69) is 16.5 Å². The number of aromatic nitrogens is 2. The maximum absolute atomic E-state index is 13.0. The van der Waals surface area contributed by atoms with E-state index >= 15 is 0 Å². The van der Waals surface area contributed by atoms with E-state index in [-0.39, 0.29) is 23.3 Å². The van der Waals surface area contributed by atoms with E-state index < -0.39 is 5.91 Å². The van der Waals surface area contributed by atoms with E-state index in [0.717, 1.165) is 11.5 Å². The van der Waals surface area contributed by atoms with Crippen LogP contribution < -0.4 is 11.1 Å². The normalized spacial score (nSPS) is 20.2. The minimum atomic E-state index is -0.611. The number of nitriles is 1. The Balaban J connectivity index is 1.91. The largest absolute Gasteiger partial charge is 0.365 e. The van der Waals surface area contributed by atoms with Crippen LogP contribution in [0.15, 0.2) is 30.5 Å². The Morgan fingerprint density at radius 1 is 1.43 bits per heavy atom. The van der Waals surface area contributed by atoms with E-state index in [1.54, 1.807) is 34.8 Å². The first-order valence-corrected chi connectivity index (χ1v) is 8.13. The van der Waals surface area contributed by atoms with Crippen LogP contribution in [-0.4, -0.2) is 27.2 Å². The molecule has 0 bridgehead atoms. The highest BCUT2D eigenvalue weighted by Crippen LogP contribution is 2.34. The number of halogens is 1. The monoisotopic (exact) mass is 331 g/mol. The Morgan fingerprint density at radius 3 is 2.83 bits per heavy atom. The Hall–Kier alpha value is -2.53. The number of nitrogens with zero attached hydrogens (tertiary/aromatic N) is 3. The molecule has 8 heteroatoms. The number of nitrogens with one attached hydrogen (secondary N) is 1. The van der Waals surface area contributed by atoms with Crippen molar-refractivity contribution in [1.82, 2.24) is 9.78 Å². The first-order valence-electron chi connectivity index (χ1n) is 6.97. The SMILES string of the molecule is N#CC1CSC[C@H]1n1cc(C(N)=O)c(Nc2ccc(F)cc2)n1. The standard InChI is InChI=1S/C15H14FN5OS/c16-10-1-3-11(4-2-10)19-15-12(14(18)22)6-21(20-15)13-8-23-7-9(13)5-17/h1-4,6,9,13H,7-8H2,(H2,18,22)(H,19,20)/t9?,13-/m1/s1. The molecule has 0 spiro atoms. The van der Waals surface area contributed by atoms with Crippen molar-refractivity contribution in [2.45, 2.75) is 6.04 Å². The van der Waals surface area contributed by atoms with Gasteiger partial charge in [0.25, 0.3) is 5.91 Å². The van der Waals surface area contributed by atoms with Crippen molar-refractivity contribution in [2.24, 2.45) is 11.7 Å². The summed E-state index contributed by atoms with van der Waals surface area (Å²) in [5.74, 6) is 0.690. The van der Waals surface area contributed by atoms with Crippen molar-refractivity contribution in [3.8, 4) is 6.07 Å². The second kappa shape index (κ2) is 6.30. The minimum Gasteiger partial charge on any atom is -0.365 e. The number of amides is 1. The number of anilines is 2. The van der Waals surface area contributed by atoms with Gasteiger partial charge in [0.05, 0.1) is 18.0 Å². The molecule has 6 nitrogen and oxygen atoms in total. The van der Waals surface area contributed by atoms with Crippen molar-refractivity contribution < 1.29 is 9.18 Å². The summed E-state index contributed by atoms with van der Waals surface area (Å²) in [6.07, 6.45) is 1.56. The highest BCUT2D eigenvalue weighted by molar-refractivity contribution is 7.99. The molecule has 2 atom stereocenters. The van der Waals surface area contributed by atoms with Gasteiger partial charge in [-0.1, -0.05) is 0 Å². The molecule has 1 aliphatic heterocycles. The van der Waals surface area contributed by atoms with E-state index in [0.29, 0.717) is 11.5 Å². The Bertz CT molecular complexity index is 767. The Morgan fingerprint density at radius 2 is 2.17 bits per heavy atom. The molecule has 1 saturated heterocycles. The molecule has 0 radical (unpaired) electrons. The fraction of sp³-hybridized carbons (Fsp3) is 0.267. The lowest BCUT2D eigenvalue weighted by Crippen LogP contribution is -2.17. The van der Waals surface area contributed by atoms with Gasteiger partial charge in [-0.15, -0.1) is 0 Å². The van der Waals surface area contributed by atoms with Gasteiger partial charge in [0.1, 0.15) is 11.4 Å². The molecule has 1 aliphatic rings. The van der Waals surface area contributed by atoms with Crippen molar-refractivity contribution in [3.63, 3.8) is 0 Å². The zero-order chi connectivity index (χ0) is 16.4. The quantitative estimate of drug-likeness (QED) is 0.896. The molecule has 1 unspecified atom stereocenters. The summed E-state index contributed by atoms with van der Waals surface area (Å²) in [4.78, 5) is 11.6. The second-order valence-electron chi connectivity index (χ2n) is 5.21. The molecule has 2 heterocycles. The van der Waals surface area contributed by atoms with Crippen molar-refractivity contribution in [3.05, 3.63) is 41.8 Å². The second-order valence-corrected chi connectivity index (χ2v) is 6.28. The number of carbonyl (C=O) groups excluding carboxylic acids is 1. The molecule has 3 N–H and O–H groups in total. The lowest BCUT2D eigenvalue weighted by Gasteiger charge is -2.12. The zero-order valence-electron chi connectivity index (χ0n) is 12.1. The summed E-state index contributed by atoms with van der Waals surface area (Å²) in [5.41, 5.74) is 6.24. The van der Waals surface area contributed by atoms with Gasteiger partial charge >= 0.3 is 0 Å². The number of nitrogens with two attached hydrogens (primary N) is 1. The third-order valence-corrected chi connectivity index (χ3v) is 4.83. The van der Waals surface area contributed by atoms with E-state index in [9.17, 15) is 14.4 Å². The van der Waals surface area contributed by atoms with E-state index in [1.807, 2.05) is 0 Å². The fourth-order valence-electron chi connectivity index (χ4n) is 2.43. The third-order valence-electron chi connectivity index (χ3n) is 3.66. The van der Waals surface area contributed by atoms with Crippen molar-refractivity contribution in [2.75, 3.05) is 16.8 Å². The van der Waals surface area contributed by atoms with Crippen LogP contribution in [-0.2, 0) is 0 Å². The summed E-state index contributed by atoms with van der Waals surface area (Å²) in [7, 11) is 0. The maximum Gasteiger partial charge on any atom is 0.254 e. The Kier molecular flexibility index (Phi) is 4.21. The molecule has 23 heavy (non-hydrogen) atoms. The lowest BCUT2D eigenvalue weighted by molar-refractivity contribution is 0.100. The average molecular weight is 331 g/mol. The maximum atomic E-state index is 13.0. The number of hydrogen-bond acceptors (Lipinski definition) is 5. The molecule has 0 saturated carbocycles. The van der Waals surface area contributed by atoms with Crippen LogP contribution in [0.3, 0.4) is 0 Å². The van der Waals surface area contributed by atoms with Gasteiger partial charge < -0.3 is 11.1 Å². The van der Waals surface area contributed by atoms with Gasteiger partial charge in [-0.2, -0.15) is 22.1 Å². The highest BCUT2D eigenvalue weighted by Gasteiger charge is 2.31. The number of rotatable bonds is 4. The van der Waals surface area contributed by atoms with Crippen LogP contribution >= 0.6 is 11.8 Å². The van der Waals surface area contributed by atoms with Gasteiger partial charge in [0, 0.05) is 23.4 Å². The van der Waals surface area contributed by atoms with Gasteiger partial charge in [0.15, 0.2) is 5.82 Å². The average Bonchev–Trinajstić information content (AvgIpc) is 3.15. The van der Waals surface area contributed by atoms with Crippen LogP contribution in [0.25, 0.3) is 0 Å². The van der Waals surface area contributed by atoms with Crippen molar-refractivity contribution in [1.29, 1.82) is 5.26 Å². The lowest BCUT2D eigenvalue weighted by atomic mass is 10.1.